The van der Waals surface area contributed by atoms with Gasteiger partial charge >= 0.3 is 0 Å². The van der Waals surface area contributed by atoms with Crippen molar-refractivity contribution in [1.29, 1.82) is 0 Å². The predicted molar refractivity (Wildman–Crippen MR) is 80.8 cm³/mol. The maximum Gasteiger partial charge on any atom is 0.153 e. The van der Waals surface area contributed by atoms with Crippen molar-refractivity contribution in [3.63, 3.8) is 0 Å². The Morgan fingerprint density at radius 3 is 2.68 bits per heavy atom. The number of hydrogen-bond donors (Lipinski definition) is 1. The van der Waals surface area contributed by atoms with Gasteiger partial charge in [0.05, 0.1) is 17.4 Å². The zero-order valence-electron chi connectivity index (χ0n) is 10.8. The van der Waals surface area contributed by atoms with Gasteiger partial charge in [0.25, 0.3) is 0 Å². The molecule has 1 atom stereocenters. The Labute approximate surface area is 129 Å². The lowest BCUT2D eigenvalue weighted by Crippen LogP contribution is -2.26. The predicted octanol–water partition coefficient (Wildman–Crippen LogP) is 2.82. The number of nitrogens with one attached hydrogen (secondary N) is 1. The number of halogens is 2. The van der Waals surface area contributed by atoms with Crippen LogP contribution in [0, 0.1) is 0 Å². The number of aromatic nitrogens is 4. The summed E-state index contributed by atoms with van der Waals surface area (Å²) in [6, 6.07) is 3.96. The van der Waals surface area contributed by atoms with Gasteiger partial charge in [-0.2, -0.15) is 0 Å². The van der Waals surface area contributed by atoms with E-state index in [2.05, 4.69) is 59.4 Å². The first-order chi connectivity index (χ1) is 9.13. The van der Waals surface area contributed by atoms with E-state index in [0.717, 1.165) is 33.4 Å². The van der Waals surface area contributed by atoms with Gasteiger partial charge in [-0.3, -0.25) is 4.98 Å². The van der Waals surface area contributed by atoms with Gasteiger partial charge in [-0.15, -0.1) is 5.10 Å². The molecule has 0 radical (unpaired) electrons. The van der Waals surface area contributed by atoms with E-state index in [4.69, 9.17) is 0 Å². The van der Waals surface area contributed by atoms with Gasteiger partial charge in [0.2, 0.25) is 0 Å². The second-order valence-corrected chi connectivity index (χ2v) is 5.84. The SMILES string of the molecule is CCCNC(c1ccc(Br)cn1)c1c(Br)nnn1C. The molecular formula is C12H15Br2N5. The first-order valence-corrected chi connectivity index (χ1v) is 7.62. The van der Waals surface area contributed by atoms with Gasteiger partial charge < -0.3 is 5.32 Å². The Morgan fingerprint density at radius 1 is 1.37 bits per heavy atom. The average Bonchev–Trinajstić information content (AvgIpc) is 2.73. The van der Waals surface area contributed by atoms with Crippen LogP contribution in [0.1, 0.15) is 30.8 Å². The Morgan fingerprint density at radius 2 is 2.16 bits per heavy atom. The molecule has 5 nitrogen and oxygen atoms in total. The van der Waals surface area contributed by atoms with Crippen LogP contribution < -0.4 is 5.32 Å². The van der Waals surface area contributed by atoms with Crippen LogP contribution in [0.3, 0.4) is 0 Å². The molecule has 1 N–H and O–H groups in total. The van der Waals surface area contributed by atoms with E-state index in [9.17, 15) is 0 Å². The van der Waals surface area contributed by atoms with Crippen molar-refractivity contribution in [3.05, 3.63) is 38.8 Å². The normalized spacial score (nSPS) is 12.6. The van der Waals surface area contributed by atoms with Crippen molar-refractivity contribution < 1.29 is 0 Å². The van der Waals surface area contributed by atoms with E-state index in [1.807, 2.05) is 19.2 Å². The number of aryl methyl sites for hydroxylation is 1. The van der Waals surface area contributed by atoms with Gasteiger partial charge in [-0.1, -0.05) is 12.1 Å². The molecule has 0 fully saturated rings. The van der Waals surface area contributed by atoms with Crippen LogP contribution in [0.2, 0.25) is 0 Å². The van der Waals surface area contributed by atoms with E-state index < -0.39 is 0 Å². The van der Waals surface area contributed by atoms with Crippen molar-refractivity contribution in [2.75, 3.05) is 6.54 Å². The highest BCUT2D eigenvalue weighted by atomic mass is 79.9. The zero-order chi connectivity index (χ0) is 13.8. The first kappa shape index (κ1) is 14.6. The summed E-state index contributed by atoms with van der Waals surface area (Å²) >= 11 is 6.85. The Bertz CT molecular complexity index is 518. The lowest BCUT2D eigenvalue weighted by atomic mass is 10.1. The number of hydrogen-bond acceptors (Lipinski definition) is 4. The van der Waals surface area contributed by atoms with Crippen LogP contribution in [-0.4, -0.2) is 26.5 Å². The summed E-state index contributed by atoms with van der Waals surface area (Å²) in [5.41, 5.74) is 1.92. The fourth-order valence-electron chi connectivity index (χ4n) is 1.83. The molecular weight excluding hydrogens is 374 g/mol. The lowest BCUT2D eigenvalue weighted by molar-refractivity contribution is 0.540. The number of nitrogens with zero attached hydrogens (tertiary/aromatic N) is 4. The first-order valence-electron chi connectivity index (χ1n) is 6.03. The molecule has 102 valence electrons. The Hall–Kier alpha value is -0.790. The number of rotatable bonds is 5. The quantitative estimate of drug-likeness (QED) is 0.855. The minimum absolute atomic E-state index is 0.0255. The van der Waals surface area contributed by atoms with Crippen molar-refractivity contribution >= 4 is 31.9 Å². The summed E-state index contributed by atoms with van der Waals surface area (Å²) in [6.07, 6.45) is 2.85. The van der Waals surface area contributed by atoms with Gasteiger partial charge in [0.15, 0.2) is 4.60 Å². The molecule has 0 saturated carbocycles. The highest BCUT2D eigenvalue weighted by molar-refractivity contribution is 9.10. The molecule has 0 aliphatic carbocycles. The summed E-state index contributed by atoms with van der Waals surface area (Å²) < 4.78 is 3.47. The second-order valence-electron chi connectivity index (χ2n) is 4.18. The fourth-order valence-corrected chi connectivity index (χ4v) is 2.62. The Kier molecular flexibility index (Phi) is 5.06. The minimum atomic E-state index is -0.0255. The molecule has 0 spiro atoms. The van der Waals surface area contributed by atoms with Crippen molar-refractivity contribution in [2.45, 2.75) is 19.4 Å². The summed E-state index contributed by atoms with van der Waals surface area (Å²) in [5.74, 6) is 0. The molecule has 2 heterocycles. The lowest BCUT2D eigenvalue weighted by Gasteiger charge is -2.18. The highest BCUT2D eigenvalue weighted by Crippen LogP contribution is 2.26. The molecule has 2 aromatic rings. The van der Waals surface area contributed by atoms with E-state index >= 15 is 0 Å². The highest BCUT2D eigenvalue weighted by Gasteiger charge is 2.22. The third-order valence-electron chi connectivity index (χ3n) is 2.74. The summed E-state index contributed by atoms with van der Waals surface area (Å²) in [5, 5.41) is 11.6. The molecule has 0 aliphatic heterocycles. The second kappa shape index (κ2) is 6.58. The van der Waals surface area contributed by atoms with Crippen molar-refractivity contribution in [1.82, 2.24) is 25.3 Å². The standard InChI is InChI=1S/C12H15Br2N5/c1-3-6-15-10(9-5-4-8(13)7-16-9)11-12(14)17-18-19(11)2/h4-5,7,10,15H,3,6H2,1-2H3. The van der Waals surface area contributed by atoms with Crippen LogP contribution in [0.15, 0.2) is 27.4 Å². The van der Waals surface area contributed by atoms with Crippen molar-refractivity contribution in [3.8, 4) is 0 Å². The summed E-state index contributed by atoms with van der Waals surface area (Å²) in [6.45, 7) is 3.04. The maximum atomic E-state index is 4.47. The molecule has 0 amide bonds. The Balaban J connectivity index is 2.38. The third-order valence-corrected chi connectivity index (χ3v) is 3.78. The van der Waals surface area contributed by atoms with Crippen LogP contribution in [0.5, 0.6) is 0 Å². The molecule has 0 aromatic carbocycles. The summed E-state index contributed by atoms with van der Waals surface area (Å²) in [4.78, 5) is 4.47. The fraction of sp³-hybridized carbons (Fsp3) is 0.417. The van der Waals surface area contributed by atoms with Crippen LogP contribution in [0.4, 0.5) is 0 Å². The average molecular weight is 389 g/mol. The van der Waals surface area contributed by atoms with Crippen LogP contribution in [-0.2, 0) is 7.05 Å². The van der Waals surface area contributed by atoms with E-state index in [1.165, 1.54) is 0 Å². The van der Waals surface area contributed by atoms with Gasteiger partial charge in [-0.05, 0) is 57.0 Å². The molecule has 0 aliphatic rings. The molecule has 7 heteroatoms. The van der Waals surface area contributed by atoms with E-state index in [0.29, 0.717) is 0 Å². The summed E-state index contributed by atoms with van der Waals surface area (Å²) in [7, 11) is 1.88. The minimum Gasteiger partial charge on any atom is -0.304 e. The van der Waals surface area contributed by atoms with E-state index in [1.54, 1.807) is 10.9 Å². The molecule has 0 bridgehead atoms. The smallest absolute Gasteiger partial charge is 0.153 e. The van der Waals surface area contributed by atoms with Gasteiger partial charge in [0.1, 0.15) is 0 Å². The van der Waals surface area contributed by atoms with Gasteiger partial charge in [-0.25, -0.2) is 4.68 Å². The zero-order valence-corrected chi connectivity index (χ0v) is 13.9. The van der Waals surface area contributed by atoms with Crippen LogP contribution >= 0.6 is 31.9 Å². The molecule has 2 aromatic heterocycles. The molecule has 19 heavy (non-hydrogen) atoms. The van der Waals surface area contributed by atoms with Gasteiger partial charge in [0, 0.05) is 17.7 Å². The van der Waals surface area contributed by atoms with E-state index in [-0.39, 0.29) is 6.04 Å². The largest absolute Gasteiger partial charge is 0.304 e. The molecule has 0 saturated heterocycles. The number of pyridine rings is 1. The van der Waals surface area contributed by atoms with Crippen LogP contribution in [0.25, 0.3) is 0 Å². The monoisotopic (exact) mass is 387 g/mol. The van der Waals surface area contributed by atoms with Crippen molar-refractivity contribution in [2.24, 2.45) is 7.05 Å². The maximum absolute atomic E-state index is 4.47. The topological polar surface area (TPSA) is 55.6 Å². The molecule has 2 rings (SSSR count). The third kappa shape index (κ3) is 3.40. The molecule has 1 unspecified atom stereocenters.